The Morgan fingerprint density at radius 2 is 1.91 bits per heavy atom. The smallest absolute Gasteiger partial charge is 0.317 e. The average molecular weight is 464 g/mol. The molecule has 1 saturated heterocycles. The number of fused-ring (bicyclic) bond motifs is 1. The van der Waals surface area contributed by atoms with Crippen LogP contribution in [0.1, 0.15) is 28.5 Å². The predicted molar refractivity (Wildman–Crippen MR) is 135 cm³/mol. The van der Waals surface area contributed by atoms with Crippen molar-refractivity contribution in [2.24, 2.45) is 0 Å². The van der Waals surface area contributed by atoms with E-state index in [0.717, 1.165) is 35.8 Å². The van der Waals surface area contributed by atoms with Crippen molar-refractivity contribution in [2.45, 2.75) is 19.9 Å². The fraction of sp³-hybridized carbons (Fsp3) is 0.400. The van der Waals surface area contributed by atoms with Gasteiger partial charge in [0.1, 0.15) is 11.5 Å². The minimum Gasteiger partial charge on any atom is -0.378 e. The summed E-state index contributed by atoms with van der Waals surface area (Å²) in [5.74, 6) is 0.818. The van der Waals surface area contributed by atoms with E-state index in [0.29, 0.717) is 31.7 Å². The number of carbonyl (C=O) groups is 2. The number of amides is 3. The van der Waals surface area contributed by atoms with Crippen LogP contribution in [0.3, 0.4) is 0 Å². The van der Waals surface area contributed by atoms with Crippen LogP contribution >= 0.6 is 0 Å². The maximum atomic E-state index is 12.8. The molecule has 9 heteroatoms. The van der Waals surface area contributed by atoms with Gasteiger partial charge in [-0.05, 0) is 36.2 Å². The van der Waals surface area contributed by atoms with Gasteiger partial charge in [-0.2, -0.15) is 0 Å². The molecule has 2 aromatic heterocycles. The summed E-state index contributed by atoms with van der Waals surface area (Å²) in [7, 11) is 6.12. The van der Waals surface area contributed by atoms with E-state index in [2.05, 4.69) is 58.7 Å². The fourth-order valence-corrected chi connectivity index (χ4v) is 4.24. The van der Waals surface area contributed by atoms with Gasteiger partial charge in [0.25, 0.3) is 5.91 Å². The van der Waals surface area contributed by atoms with Crippen LogP contribution in [0.5, 0.6) is 0 Å². The lowest BCUT2D eigenvalue weighted by Crippen LogP contribution is -2.36. The molecule has 3 heterocycles. The van der Waals surface area contributed by atoms with Crippen LogP contribution in [0.4, 0.5) is 16.3 Å². The molecule has 0 atom stereocenters. The van der Waals surface area contributed by atoms with Crippen LogP contribution in [0, 0.1) is 0 Å². The molecule has 34 heavy (non-hydrogen) atoms. The topological polar surface area (TPSA) is 85.2 Å². The summed E-state index contributed by atoms with van der Waals surface area (Å²) < 4.78 is 2.00. The molecule has 0 saturated carbocycles. The van der Waals surface area contributed by atoms with Crippen molar-refractivity contribution in [2.75, 3.05) is 57.1 Å². The molecule has 9 nitrogen and oxygen atoms in total. The highest BCUT2D eigenvalue weighted by Gasteiger charge is 2.20. The second kappa shape index (κ2) is 10.0. The summed E-state index contributed by atoms with van der Waals surface area (Å²) in [6, 6.07) is 12.1. The van der Waals surface area contributed by atoms with Gasteiger partial charge in [0, 0.05) is 65.8 Å². The molecule has 3 amide bonds. The number of imidazole rings is 1. The number of aromatic nitrogens is 2. The number of benzene rings is 1. The van der Waals surface area contributed by atoms with Crippen molar-refractivity contribution in [3.05, 3.63) is 59.4 Å². The van der Waals surface area contributed by atoms with Gasteiger partial charge in [0.15, 0.2) is 0 Å². The maximum absolute atomic E-state index is 12.8. The molecule has 180 valence electrons. The molecule has 1 fully saturated rings. The van der Waals surface area contributed by atoms with E-state index in [-0.39, 0.29) is 11.9 Å². The highest BCUT2D eigenvalue weighted by Crippen LogP contribution is 2.25. The lowest BCUT2D eigenvalue weighted by atomic mass is 10.2. The SMILES string of the molecule is CCc1nc2ccc(C(=O)NCCN3CCNC3=O)cn2c1N(C)Cc1ccc(N(C)C)cc1. The van der Waals surface area contributed by atoms with Gasteiger partial charge in [-0.1, -0.05) is 19.1 Å². The maximum Gasteiger partial charge on any atom is 0.317 e. The number of anilines is 2. The van der Waals surface area contributed by atoms with Crippen LogP contribution in [-0.4, -0.2) is 73.5 Å². The summed E-state index contributed by atoms with van der Waals surface area (Å²) in [5, 5.41) is 5.69. The standard InChI is InChI=1S/C25H33N7O2/c1-5-21-24(30(4)16-18-6-9-20(10-7-18)29(2)3)32-17-19(8-11-22(32)28-21)23(33)26-12-14-31-15-13-27-25(31)34/h6-11,17H,5,12-16H2,1-4H3,(H,26,33)(H,27,34). The molecule has 2 N–H and O–H groups in total. The van der Waals surface area contributed by atoms with Crippen molar-refractivity contribution >= 4 is 29.1 Å². The quantitative estimate of drug-likeness (QED) is 0.509. The third-order valence-corrected chi connectivity index (χ3v) is 6.11. The Morgan fingerprint density at radius 3 is 2.56 bits per heavy atom. The van der Waals surface area contributed by atoms with Crippen LogP contribution < -0.4 is 20.4 Å². The third kappa shape index (κ3) is 4.93. The van der Waals surface area contributed by atoms with E-state index in [1.165, 1.54) is 5.56 Å². The van der Waals surface area contributed by atoms with E-state index in [9.17, 15) is 9.59 Å². The second-order valence-electron chi connectivity index (χ2n) is 8.77. The lowest BCUT2D eigenvalue weighted by Gasteiger charge is -2.21. The van der Waals surface area contributed by atoms with Crippen LogP contribution in [-0.2, 0) is 13.0 Å². The highest BCUT2D eigenvalue weighted by atomic mass is 16.2. The average Bonchev–Trinajstić information content (AvgIpc) is 3.41. The molecular formula is C25H33N7O2. The van der Waals surface area contributed by atoms with Crippen molar-refractivity contribution in [1.82, 2.24) is 24.9 Å². The monoisotopic (exact) mass is 463 g/mol. The lowest BCUT2D eigenvalue weighted by molar-refractivity contribution is 0.0950. The number of rotatable bonds is 9. The summed E-state index contributed by atoms with van der Waals surface area (Å²) in [5.41, 5.74) is 4.72. The summed E-state index contributed by atoms with van der Waals surface area (Å²) in [4.78, 5) is 35.2. The van der Waals surface area contributed by atoms with Crippen molar-refractivity contribution in [1.29, 1.82) is 0 Å². The van der Waals surface area contributed by atoms with Gasteiger partial charge in [-0.25, -0.2) is 9.78 Å². The number of hydrogen-bond donors (Lipinski definition) is 2. The molecule has 0 radical (unpaired) electrons. The largest absolute Gasteiger partial charge is 0.378 e. The van der Waals surface area contributed by atoms with Gasteiger partial charge < -0.3 is 25.3 Å². The number of urea groups is 1. The Kier molecular flexibility index (Phi) is 6.90. The highest BCUT2D eigenvalue weighted by molar-refractivity contribution is 5.94. The van der Waals surface area contributed by atoms with Crippen LogP contribution in [0.15, 0.2) is 42.6 Å². The molecule has 0 unspecified atom stereocenters. The van der Waals surface area contributed by atoms with Crippen molar-refractivity contribution < 1.29 is 9.59 Å². The third-order valence-electron chi connectivity index (χ3n) is 6.11. The number of nitrogens with one attached hydrogen (secondary N) is 2. The van der Waals surface area contributed by atoms with Gasteiger partial charge >= 0.3 is 6.03 Å². The van der Waals surface area contributed by atoms with Crippen molar-refractivity contribution in [3.63, 3.8) is 0 Å². The molecule has 4 rings (SSSR count). The minimum absolute atomic E-state index is 0.0785. The molecule has 1 aliphatic rings. The summed E-state index contributed by atoms with van der Waals surface area (Å²) in [6.07, 6.45) is 2.64. The fourth-order valence-electron chi connectivity index (χ4n) is 4.24. The number of pyridine rings is 1. The first-order chi connectivity index (χ1) is 16.4. The van der Waals surface area contributed by atoms with Crippen LogP contribution in [0.25, 0.3) is 5.65 Å². The van der Waals surface area contributed by atoms with Crippen LogP contribution in [0.2, 0.25) is 0 Å². The van der Waals surface area contributed by atoms with E-state index in [1.807, 2.05) is 30.8 Å². The molecule has 0 spiro atoms. The van der Waals surface area contributed by atoms with E-state index in [4.69, 9.17) is 4.98 Å². The van der Waals surface area contributed by atoms with E-state index < -0.39 is 0 Å². The first-order valence-corrected chi connectivity index (χ1v) is 11.7. The summed E-state index contributed by atoms with van der Waals surface area (Å²) in [6.45, 7) is 5.04. The Labute approximate surface area is 200 Å². The molecular weight excluding hydrogens is 430 g/mol. The van der Waals surface area contributed by atoms with Gasteiger partial charge in [0.2, 0.25) is 0 Å². The zero-order chi connectivity index (χ0) is 24.2. The first-order valence-electron chi connectivity index (χ1n) is 11.7. The molecule has 1 aliphatic heterocycles. The number of aryl methyl sites for hydroxylation is 1. The molecule has 0 bridgehead atoms. The number of hydrogen-bond acceptors (Lipinski definition) is 5. The number of carbonyl (C=O) groups excluding carboxylic acids is 2. The normalized spacial score (nSPS) is 13.3. The zero-order valence-electron chi connectivity index (χ0n) is 20.3. The summed E-state index contributed by atoms with van der Waals surface area (Å²) >= 11 is 0. The van der Waals surface area contributed by atoms with E-state index in [1.54, 1.807) is 11.0 Å². The van der Waals surface area contributed by atoms with Gasteiger partial charge in [0.05, 0.1) is 11.3 Å². The second-order valence-corrected chi connectivity index (χ2v) is 8.77. The Morgan fingerprint density at radius 1 is 1.15 bits per heavy atom. The van der Waals surface area contributed by atoms with Gasteiger partial charge in [-0.3, -0.25) is 9.20 Å². The zero-order valence-corrected chi connectivity index (χ0v) is 20.3. The Bertz CT molecular complexity index is 1170. The minimum atomic E-state index is -0.166. The van der Waals surface area contributed by atoms with Crippen molar-refractivity contribution in [3.8, 4) is 0 Å². The predicted octanol–water partition coefficient (Wildman–Crippen LogP) is 2.35. The Balaban J connectivity index is 1.51. The Hall–Kier alpha value is -3.75. The molecule has 1 aromatic carbocycles. The first kappa shape index (κ1) is 23.4. The van der Waals surface area contributed by atoms with Gasteiger partial charge in [-0.15, -0.1) is 0 Å². The number of nitrogens with zero attached hydrogens (tertiary/aromatic N) is 5. The van der Waals surface area contributed by atoms with E-state index >= 15 is 0 Å². The molecule has 3 aromatic rings. The molecule has 0 aliphatic carbocycles.